The van der Waals surface area contributed by atoms with Crippen molar-refractivity contribution in [2.45, 2.75) is 13.3 Å². The predicted molar refractivity (Wildman–Crippen MR) is 60.2 cm³/mol. The molecule has 2 aromatic rings. The van der Waals surface area contributed by atoms with Crippen molar-refractivity contribution in [2.24, 2.45) is 0 Å². The van der Waals surface area contributed by atoms with Crippen molar-refractivity contribution in [3.05, 3.63) is 28.1 Å². The summed E-state index contributed by atoms with van der Waals surface area (Å²) >= 11 is 3.26. The Bertz CT molecular complexity index is 444. The summed E-state index contributed by atoms with van der Waals surface area (Å²) in [7, 11) is 0. The summed E-state index contributed by atoms with van der Waals surface area (Å²) in [6.07, 6.45) is 1.84. The van der Waals surface area contributed by atoms with Gasteiger partial charge in [-0.2, -0.15) is 0 Å². The zero-order valence-electron chi connectivity index (χ0n) is 7.69. The summed E-state index contributed by atoms with van der Waals surface area (Å²) in [5.74, 6) is 0. The number of aldehydes is 1. The van der Waals surface area contributed by atoms with Crippen LogP contribution in [0.4, 0.5) is 0 Å². The molecule has 0 atom stereocenters. The quantitative estimate of drug-likeness (QED) is 0.748. The Morgan fingerprint density at radius 2 is 2.36 bits per heavy atom. The monoisotopic (exact) mass is 223 g/mol. The third-order valence-corrected chi connectivity index (χ3v) is 4.12. The summed E-state index contributed by atoms with van der Waals surface area (Å²) in [5, 5.41) is 2.73. The lowest BCUT2D eigenvalue weighted by Crippen LogP contribution is -1.77. The Hall–Kier alpha value is -1.00. The summed E-state index contributed by atoms with van der Waals surface area (Å²) in [6, 6.07) is 4.18. The number of carbonyl (C=O) groups excluding carboxylic acids is 1. The van der Waals surface area contributed by atoms with E-state index in [1.807, 2.05) is 0 Å². The minimum atomic E-state index is 0.524. The number of rotatable bonds is 3. The highest BCUT2D eigenvalue weighted by Gasteiger charge is 2.06. The first-order chi connectivity index (χ1) is 6.83. The smallest absolute Gasteiger partial charge is 0.169 e. The number of aromatic nitrogens is 1. The molecule has 2 rings (SSSR count). The van der Waals surface area contributed by atoms with Gasteiger partial charge in [0, 0.05) is 10.3 Å². The highest BCUT2D eigenvalue weighted by atomic mass is 32.1. The number of nitrogens with zero attached hydrogens (tertiary/aromatic N) is 1. The molecule has 0 N–H and O–H groups in total. The third-order valence-electron chi connectivity index (χ3n) is 1.86. The SMILES string of the molecule is CCc1ccc(-c2nc(C=O)cs2)s1. The maximum Gasteiger partial charge on any atom is 0.169 e. The molecular formula is C10H9NOS2. The molecule has 0 amide bonds. The van der Waals surface area contributed by atoms with Gasteiger partial charge in [0.05, 0.1) is 4.88 Å². The van der Waals surface area contributed by atoms with Crippen LogP contribution in [0.25, 0.3) is 9.88 Å². The summed E-state index contributed by atoms with van der Waals surface area (Å²) in [5.41, 5.74) is 0.524. The highest BCUT2D eigenvalue weighted by Crippen LogP contribution is 2.30. The first-order valence-corrected chi connectivity index (χ1v) is 6.03. The lowest BCUT2D eigenvalue weighted by molar-refractivity contribution is 0.111. The Labute approximate surface area is 90.2 Å². The summed E-state index contributed by atoms with van der Waals surface area (Å²) in [6.45, 7) is 2.13. The maximum atomic E-state index is 10.5. The Balaban J connectivity index is 2.33. The molecule has 2 nitrogen and oxygen atoms in total. The van der Waals surface area contributed by atoms with Gasteiger partial charge in [-0.3, -0.25) is 4.79 Å². The highest BCUT2D eigenvalue weighted by molar-refractivity contribution is 7.21. The van der Waals surface area contributed by atoms with Crippen LogP contribution in [0.15, 0.2) is 17.5 Å². The molecule has 0 radical (unpaired) electrons. The number of hydrogen-bond acceptors (Lipinski definition) is 4. The number of thiophene rings is 1. The minimum absolute atomic E-state index is 0.524. The van der Waals surface area contributed by atoms with E-state index in [1.54, 1.807) is 16.7 Å². The molecule has 0 saturated heterocycles. The van der Waals surface area contributed by atoms with E-state index in [1.165, 1.54) is 16.2 Å². The van der Waals surface area contributed by atoms with Gasteiger partial charge in [0.25, 0.3) is 0 Å². The Morgan fingerprint density at radius 1 is 1.50 bits per heavy atom. The van der Waals surface area contributed by atoms with Crippen LogP contribution in [-0.4, -0.2) is 11.3 Å². The van der Waals surface area contributed by atoms with Crippen molar-refractivity contribution >= 4 is 29.0 Å². The van der Waals surface area contributed by atoms with Gasteiger partial charge in [-0.25, -0.2) is 4.98 Å². The first kappa shape index (κ1) is 9.55. The topological polar surface area (TPSA) is 30.0 Å². The predicted octanol–water partition coefficient (Wildman–Crippen LogP) is 3.25. The van der Waals surface area contributed by atoms with Crippen molar-refractivity contribution in [1.82, 2.24) is 4.98 Å². The second kappa shape index (κ2) is 4.02. The molecule has 0 aromatic carbocycles. The molecule has 0 bridgehead atoms. The molecule has 72 valence electrons. The molecular weight excluding hydrogens is 214 g/mol. The first-order valence-electron chi connectivity index (χ1n) is 4.33. The zero-order valence-corrected chi connectivity index (χ0v) is 9.32. The van der Waals surface area contributed by atoms with Crippen LogP contribution in [0.2, 0.25) is 0 Å². The van der Waals surface area contributed by atoms with Crippen molar-refractivity contribution in [1.29, 1.82) is 0 Å². The van der Waals surface area contributed by atoms with Crippen LogP contribution in [0.1, 0.15) is 22.3 Å². The second-order valence-corrected chi connectivity index (χ2v) is 4.84. The van der Waals surface area contributed by atoms with Crippen LogP contribution in [-0.2, 0) is 6.42 Å². The van der Waals surface area contributed by atoms with E-state index in [0.717, 1.165) is 22.6 Å². The summed E-state index contributed by atoms with van der Waals surface area (Å²) in [4.78, 5) is 17.2. The molecule has 0 aliphatic heterocycles. The molecule has 2 aromatic heterocycles. The fourth-order valence-corrected chi connectivity index (χ4v) is 2.92. The van der Waals surface area contributed by atoms with Crippen molar-refractivity contribution in [3.63, 3.8) is 0 Å². The maximum absolute atomic E-state index is 10.5. The van der Waals surface area contributed by atoms with Gasteiger partial charge in [0.2, 0.25) is 0 Å². The molecule has 0 fully saturated rings. The lowest BCUT2D eigenvalue weighted by atomic mass is 10.4. The van der Waals surface area contributed by atoms with Gasteiger partial charge in [0.1, 0.15) is 10.7 Å². The van der Waals surface area contributed by atoms with Gasteiger partial charge in [0.15, 0.2) is 6.29 Å². The molecule has 0 unspecified atom stereocenters. The molecule has 0 aliphatic carbocycles. The van der Waals surface area contributed by atoms with Crippen molar-refractivity contribution in [3.8, 4) is 9.88 Å². The molecule has 0 aliphatic rings. The number of carbonyl (C=O) groups is 1. The summed E-state index contributed by atoms with van der Waals surface area (Å²) < 4.78 is 0. The fourth-order valence-electron chi connectivity index (χ4n) is 1.14. The van der Waals surface area contributed by atoms with Crippen molar-refractivity contribution in [2.75, 3.05) is 0 Å². The average Bonchev–Trinajstić information content (AvgIpc) is 2.86. The van der Waals surface area contributed by atoms with Crippen LogP contribution in [0.5, 0.6) is 0 Å². The normalized spacial score (nSPS) is 10.4. The fraction of sp³-hybridized carbons (Fsp3) is 0.200. The Kier molecular flexibility index (Phi) is 2.74. The van der Waals surface area contributed by atoms with Crippen LogP contribution in [0, 0.1) is 0 Å². The third kappa shape index (κ3) is 1.76. The molecule has 14 heavy (non-hydrogen) atoms. The van der Waals surface area contributed by atoms with Crippen LogP contribution >= 0.6 is 22.7 Å². The van der Waals surface area contributed by atoms with Gasteiger partial charge in [-0.15, -0.1) is 22.7 Å². The van der Waals surface area contributed by atoms with Crippen molar-refractivity contribution < 1.29 is 4.79 Å². The second-order valence-electron chi connectivity index (χ2n) is 2.81. The number of thiazole rings is 1. The molecule has 4 heteroatoms. The molecule has 0 saturated carbocycles. The largest absolute Gasteiger partial charge is 0.296 e. The van der Waals surface area contributed by atoms with Gasteiger partial charge < -0.3 is 0 Å². The van der Waals surface area contributed by atoms with E-state index in [2.05, 4.69) is 24.0 Å². The van der Waals surface area contributed by atoms with Gasteiger partial charge in [-0.05, 0) is 18.6 Å². The van der Waals surface area contributed by atoms with Crippen LogP contribution in [0.3, 0.4) is 0 Å². The van der Waals surface area contributed by atoms with Crippen LogP contribution < -0.4 is 0 Å². The van der Waals surface area contributed by atoms with E-state index in [-0.39, 0.29) is 0 Å². The van der Waals surface area contributed by atoms with Gasteiger partial charge in [-0.1, -0.05) is 6.92 Å². The number of aryl methyl sites for hydroxylation is 1. The molecule has 2 heterocycles. The van der Waals surface area contributed by atoms with E-state index < -0.39 is 0 Å². The molecule has 0 spiro atoms. The van der Waals surface area contributed by atoms with E-state index in [0.29, 0.717) is 5.69 Å². The van der Waals surface area contributed by atoms with E-state index in [9.17, 15) is 4.79 Å². The lowest BCUT2D eigenvalue weighted by Gasteiger charge is -1.87. The standard InChI is InChI=1S/C10H9NOS2/c1-2-8-3-4-9(14-8)10-11-7(5-12)6-13-10/h3-6H,2H2,1H3. The average molecular weight is 223 g/mol. The zero-order chi connectivity index (χ0) is 9.97. The van der Waals surface area contributed by atoms with E-state index in [4.69, 9.17) is 0 Å². The number of hydrogen-bond donors (Lipinski definition) is 0. The van der Waals surface area contributed by atoms with E-state index >= 15 is 0 Å². The Morgan fingerprint density at radius 3 is 2.93 bits per heavy atom. The minimum Gasteiger partial charge on any atom is -0.296 e. The van der Waals surface area contributed by atoms with Gasteiger partial charge >= 0.3 is 0 Å².